The fraction of sp³-hybridized carbons (Fsp3) is 0.636. The van der Waals surface area contributed by atoms with Gasteiger partial charge in [-0.3, -0.25) is 9.59 Å². The fourth-order valence-electron chi connectivity index (χ4n) is 4.43. The van der Waals surface area contributed by atoms with E-state index >= 15 is 0 Å². The van der Waals surface area contributed by atoms with Gasteiger partial charge in [0.25, 0.3) is 0 Å². The Balaban J connectivity index is 1.41. The summed E-state index contributed by atoms with van der Waals surface area (Å²) in [4.78, 5) is 24.9. The van der Waals surface area contributed by atoms with E-state index in [1.807, 2.05) is 0 Å². The van der Waals surface area contributed by atoms with Crippen LogP contribution in [0.5, 0.6) is 5.75 Å². The average Bonchev–Trinajstić information content (AvgIpc) is 2.69. The lowest BCUT2D eigenvalue weighted by molar-refractivity contribution is -0.123. The van der Waals surface area contributed by atoms with E-state index in [9.17, 15) is 9.59 Å². The van der Waals surface area contributed by atoms with Crippen molar-refractivity contribution in [2.45, 2.75) is 70.3 Å². The van der Waals surface area contributed by atoms with Gasteiger partial charge in [0.1, 0.15) is 5.75 Å². The Morgan fingerprint density at radius 2 is 1.79 bits per heavy atom. The zero-order chi connectivity index (χ0) is 19.9. The second kappa shape index (κ2) is 10.1. The first-order valence-electron chi connectivity index (χ1n) is 10.5. The smallest absolute Gasteiger partial charge is 0.227 e. The highest BCUT2D eigenvalue weighted by Gasteiger charge is 2.28. The summed E-state index contributed by atoms with van der Waals surface area (Å²) in [6.45, 7) is 0. The molecule has 2 saturated carbocycles. The minimum atomic E-state index is -0.0210. The molecule has 2 N–H and O–H groups in total. The molecule has 0 atom stereocenters. The summed E-state index contributed by atoms with van der Waals surface area (Å²) >= 11 is 6.12. The first-order valence-corrected chi connectivity index (χ1v) is 10.9. The Morgan fingerprint density at radius 1 is 1.07 bits per heavy atom. The summed E-state index contributed by atoms with van der Waals surface area (Å²) in [7, 11) is 1.56. The van der Waals surface area contributed by atoms with Crippen molar-refractivity contribution in [1.82, 2.24) is 5.32 Å². The predicted molar refractivity (Wildman–Crippen MR) is 112 cm³/mol. The molecule has 0 aromatic heterocycles. The van der Waals surface area contributed by atoms with Crippen LogP contribution in [0, 0.1) is 11.8 Å². The lowest BCUT2D eigenvalue weighted by atomic mass is 9.84. The Morgan fingerprint density at radius 3 is 2.43 bits per heavy atom. The lowest BCUT2D eigenvalue weighted by Gasteiger charge is -2.29. The van der Waals surface area contributed by atoms with E-state index in [1.54, 1.807) is 25.3 Å². The van der Waals surface area contributed by atoms with Gasteiger partial charge >= 0.3 is 0 Å². The average molecular weight is 407 g/mol. The molecule has 28 heavy (non-hydrogen) atoms. The van der Waals surface area contributed by atoms with Crippen molar-refractivity contribution < 1.29 is 14.3 Å². The Bertz CT molecular complexity index is 680. The van der Waals surface area contributed by atoms with Crippen molar-refractivity contribution in [3.63, 3.8) is 0 Å². The van der Waals surface area contributed by atoms with E-state index in [0.29, 0.717) is 28.8 Å². The van der Waals surface area contributed by atoms with Crippen molar-refractivity contribution in [2.24, 2.45) is 11.8 Å². The maximum Gasteiger partial charge on any atom is 0.227 e. The number of halogens is 1. The van der Waals surface area contributed by atoms with Gasteiger partial charge in [-0.1, -0.05) is 30.9 Å². The molecule has 2 fully saturated rings. The van der Waals surface area contributed by atoms with Gasteiger partial charge in [0.15, 0.2) is 0 Å². The van der Waals surface area contributed by atoms with Crippen molar-refractivity contribution in [3.05, 3.63) is 23.2 Å². The standard InChI is InChI=1S/C22H31ClN2O3/c1-28-20-12-11-18(14-19(20)23)25-22(27)16-7-9-17(10-8-16)24-21(26)13-15-5-3-2-4-6-15/h11-12,14-17H,2-10,13H2,1H3,(H,24,26)(H,25,27). The molecule has 2 amide bonds. The number of carbonyl (C=O) groups is 2. The maximum absolute atomic E-state index is 12.6. The molecule has 6 heteroatoms. The van der Waals surface area contributed by atoms with Crippen molar-refractivity contribution in [3.8, 4) is 5.75 Å². The molecule has 0 saturated heterocycles. The van der Waals surface area contributed by atoms with E-state index in [-0.39, 0.29) is 23.8 Å². The Hall–Kier alpha value is -1.75. The van der Waals surface area contributed by atoms with E-state index in [2.05, 4.69) is 10.6 Å². The Labute approximate surface area is 172 Å². The third-order valence-corrected chi connectivity index (χ3v) is 6.38. The summed E-state index contributed by atoms with van der Waals surface area (Å²) in [6.07, 6.45) is 10.2. The number of nitrogens with one attached hydrogen (secondary N) is 2. The highest BCUT2D eigenvalue weighted by atomic mass is 35.5. The number of carbonyl (C=O) groups excluding carboxylic acids is 2. The lowest BCUT2D eigenvalue weighted by Crippen LogP contribution is -2.40. The molecule has 2 aliphatic carbocycles. The summed E-state index contributed by atoms with van der Waals surface area (Å²) in [5, 5.41) is 6.62. The van der Waals surface area contributed by atoms with Crippen LogP contribution in [0.4, 0.5) is 5.69 Å². The Kier molecular flexibility index (Phi) is 7.60. The van der Waals surface area contributed by atoms with Gasteiger partial charge in [-0.2, -0.15) is 0 Å². The second-order valence-corrected chi connectivity index (χ2v) is 8.57. The van der Waals surface area contributed by atoms with Gasteiger partial charge in [0.2, 0.25) is 11.8 Å². The minimum Gasteiger partial charge on any atom is -0.495 e. The largest absolute Gasteiger partial charge is 0.495 e. The fourth-order valence-corrected chi connectivity index (χ4v) is 4.69. The van der Waals surface area contributed by atoms with E-state index < -0.39 is 0 Å². The zero-order valence-corrected chi connectivity index (χ0v) is 17.4. The molecule has 3 rings (SSSR count). The second-order valence-electron chi connectivity index (χ2n) is 8.16. The van der Waals surface area contributed by atoms with Crippen LogP contribution in [-0.4, -0.2) is 25.0 Å². The number of benzene rings is 1. The molecule has 154 valence electrons. The van der Waals surface area contributed by atoms with E-state index in [1.165, 1.54) is 32.1 Å². The number of hydrogen-bond donors (Lipinski definition) is 2. The van der Waals surface area contributed by atoms with Crippen LogP contribution in [0.3, 0.4) is 0 Å². The van der Waals surface area contributed by atoms with Gasteiger partial charge in [0.05, 0.1) is 12.1 Å². The molecule has 0 bridgehead atoms. The van der Waals surface area contributed by atoms with Crippen LogP contribution in [0.1, 0.15) is 64.2 Å². The number of rotatable bonds is 6. The van der Waals surface area contributed by atoms with Crippen LogP contribution in [0.15, 0.2) is 18.2 Å². The highest BCUT2D eigenvalue weighted by molar-refractivity contribution is 6.32. The highest BCUT2D eigenvalue weighted by Crippen LogP contribution is 2.30. The number of ether oxygens (including phenoxy) is 1. The van der Waals surface area contributed by atoms with Crippen LogP contribution in [0.2, 0.25) is 5.02 Å². The van der Waals surface area contributed by atoms with Crippen molar-refractivity contribution >= 4 is 29.1 Å². The molecule has 0 radical (unpaired) electrons. The first-order chi connectivity index (χ1) is 13.5. The summed E-state index contributed by atoms with van der Waals surface area (Å²) < 4.78 is 5.13. The van der Waals surface area contributed by atoms with Crippen LogP contribution in [0.25, 0.3) is 0 Å². The monoisotopic (exact) mass is 406 g/mol. The molecule has 0 spiro atoms. The molecule has 0 unspecified atom stereocenters. The molecule has 0 aliphatic heterocycles. The van der Waals surface area contributed by atoms with Gasteiger partial charge in [-0.05, 0) is 62.6 Å². The van der Waals surface area contributed by atoms with Crippen molar-refractivity contribution in [2.75, 3.05) is 12.4 Å². The van der Waals surface area contributed by atoms with Gasteiger partial charge < -0.3 is 15.4 Å². The van der Waals surface area contributed by atoms with Gasteiger partial charge in [0, 0.05) is 24.1 Å². The van der Waals surface area contributed by atoms with Crippen molar-refractivity contribution in [1.29, 1.82) is 0 Å². The first kappa shape index (κ1) is 21.0. The normalized spacial score (nSPS) is 23.1. The molecule has 0 heterocycles. The molecule has 5 nitrogen and oxygen atoms in total. The summed E-state index contributed by atoms with van der Waals surface area (Å²) in [5.74, 6) is 1.34. The van der Waals surface area contributed by atoms with E-state index in [0.717, 1.165) is 25.7 Å². The molecule has 1 aromatic carbocycles. The topological polar surface area (TPSA) is 67.4 Å². The third-order valence-electron chi connectivity index (χ3n) is 6.08. The number of anilines is 1. The number of amides is 2. The number of hydrogen-bond acceptors (Lipinski definition) is 3. The molecule has 2 aliphatic rings. The third kappa shape index (κ3) is 5.87. The summed E-state index contributed by atoms with van der Waals surface area (Å²) in [6, 6.07) is 5.45. The zero-order valence-electron chi connectivity index (χ0n) is 16.6. The maximum atomic E-state index is 12.6. The minimum absolute atomic E-state index is 0.0210. The molecular weight excluding hydrogens is 376 g/mol. The van der Waals surface area contributed by atoms with Crippen LogP contribution >= 0.6 is 11.6 Å². The number of methoxy groups -OCH3 is 1. The SMILES string of the molecule is COc1ccc(NC(=O)C2CCC(NC(=O)CC3CCCCC3)CC2)cc1Cl. The van der Waals surface area contributed by atoms with Crippen LogP contribution < -0.4 is 15.4 Å². The van der Waals surface area contributed by atoms with Gasteiger partial charge in [-0.25, -0.2) is 0 Å². The van der Waals surface area contributed by atoms with Gasteiger partial charge in [-0.15, -0.1) is 0 Å². The van der Waals surface area contributed by atoms with Crippen LogP contribution in [-0.2, 0) is 9.59 Å². The molecule has 1 aromatic rings. The molecular formula is C22H31ClN2O3. The summed E-state index contributed by atoms with van der Waals surface area (Å²) in [5.41, 5.74) is 0.679. The predicted octanol–water partition coefficient (Wildman–Crippen LogP) is 4.93. The van der Waals surface area contributed by atoms with E-state index in [4.69, 9.17) is 16.3 Å². The quantitative estimate of drug-likeness (QED) is 0.703.